The Bertz CT molecular complexity index is 626. The molecule has 1 heterocycles. The Morgan fingerprint density at radius 2 is 2.05 bits per heavy atom. The Balaban J connectivity index is 1.92. The molecular weight excluding hydrogens is 288 g/mol. The molecule has 1 aliphatic carbocycles. The first kappa shape index (κ1) is 14.9. The second-order valence-corrected chi connectivity index (χ2v) is 6.62. The number of rotatable bonds is 3. The van der Waals surface area contributed by atoms with E-state index < -0.39 is 11.7 Å². The molecule has 1 aliphatic rings. The smallest absolute Gasteiger partial charge is 0.140 e. The maximum atomic E-state index is 10.8. The van der Waals surface area contributed by atoms with E-state index in [2.05, 4.69) is 6.92 Å². The molecule has 21 heavy (non-hydrogen) atoms. The van der Waals surface area contributed by atoms with Crippen molar-refractivity contribution >= 4 is 22.6 Å². The average molecular weight is 309 g/mol. The van der Waals surface area contributed by atoms with Crippen LogP contribution < -0.4 is 0 Å². The van der Waals surface area contributed by atoms with E-state index in [0.717, 1.165) is 36.7 Å². The van der Waals surface area contributed by atoms with Crippen LogP contribution in [0.4, 0.5) is 0 Å². The van der Waals surface area contributed by atoms with Crippen LogP contribution in [0.5, 0.6) is 0 Å². The average Bonchev–Trinajstić information content (AvgIpc) is 2.90. The second kappa shape index (κ2) is 5.64. The Kier molecular flexibility index (Phi) is 4.00. The SMILES string of the molecule is COC1(C(O)c2cc3cc(Cl)ccc3o2)CCC(C)CC1. The van der Waals surface area contributed by atoms with Crippen LogP contribution in [-0.2, 0) is 4.74 Å². The second-order valence-electron chi connectivity index (χ2n) is 6.18. The Morgan fingerprint density at radius 1 is 1.33 bits per heavy atom. The number of fused-ring (bicyclic) bond motifs is 1. The molecule has 2 aromatic rings. The molecule has 1 aromatic heterocycles. The Morgan fingerprint density at radius 3 is 2.71 bits per heavy atom. The molecule has 1 saturated carbocycles. The first-order valence-corrected chi connectivity index (χ1v) is 7.84. The zero-order valence-corrected chi connectivity index (χ0v) is 13.2. The summed E-state index contributed by atoms with van der Waals surface area (Å²) in [5.74, 6) is 1.25. The molecule has 0 spiro atoms. The van der Waals surface area contributed by atoms with Gasteiger partial charge in [0.15, 0.2) is 0 Å². The Labute approximate surface area is 129 Å². The van der Waals surface area contributed by atoms with Gasteiger partial charge in [-0.25, -0.2) is 0 Å². The molecule has 0 saturated heterocycles. The van der Waals surface area contributed by atoms with E-state index in [1.165, 1.54) is 0 Å². The van der Waals surface area contributed by atoms with Crippen molar-refractivity contribution in [3.05, 3.63) is 35.0 Å². The van der Waals surface area contributed by atoms with Gasteiger partial charge >= 0.3 is 0 Å². The van der Waals surface area contributed by atoms with Crippen LogP contribution in [0.25, 0.3) is 11.0 Å². The van der Waals surface area contributed by atoms with E-state index in [1.807, 2.05) is 18.2 Å². The van der Waals surface area contributed by atoms with Crippen LogP contribution in [0.2, 0.25) is 5.02 Å². The van der Waals surface area contributed by atoms with E-state index in [9.17, 15) is 5.11 Å². The van der Waals surface area contributed by atoms with Crippen LogP contribution in [0.15, 0.2) is 28.7 Å². The maximum absolute atomic E-state index is 10.8. The van der Waals surface area contributed by atoms with Crippen molar-refractivity contribution in [3.8, 4) is 0 Å². The molecule has 0 aliphatic heterocycles. The van der Waals surface area contributed by atoms with Crippen molar-refractivity contribution < 1.29 is 14.3 Å². The lowest BCUT2D eigenvalue weighted by atomic mass is 9.75. The molecule has 0 radical (unpaired) electrons. The van der Waals surface area contributed by atoms with Gasteiger partial charge in [0.05, 0.1) is 0 Å². The van der Waals surface area contributed by atoms with Gasteiger partial charge in [-0.15, -0.1) is 0 Å². The predicted molar refractivity (Wildman–Crippen MR) is 83.6 cm³/mol. The van der Waals surface area contributed by atoms with Crippen molar-refractivity contribution in [2.75, 3.05) is 7.11 Å². The third-order valence-corrected chi connectivity index (χ3v) is 5.03. The molecule has 4 heteroatoms. The molecule has 0 amide bonds. The number of hydrogen-bond donors (Lipinski definition) is 1. The molecule has 3 rings (SSSR count). The van der Waals surface area contributed by atoms with Gasteiger partial charge in [0, 0.05) is 17.5 Å². The van der Waals surface area contributed by atoms with E-state index >= 15 is 0 Å². The minimum Gasteiger partial charge on any atom is -0.458 e. The fourth-order valence-corrected chi connectivity index (χ4v) is 3.45. The van der Waals surface area contributed by atoms with Gasteiger partial charge in [-0.1, -0.05) is 18.5 Å². The largest absolute Gasteiger partial charge is 0.458 e. The number of furan rings is 1. The summed E-state index contributed by atoms with van der Waals surface area (Å²) in [4.78, 5) is 0. The molecule has 1 fully saturated rings. The third kappa shape index (κ3) is 2.70. The van der Waals surface area contributed by atoms with Crippen LogP contribution in [0, 0.1) is 5.92 Å². The molecule has 1 unspecified atom stereocenters. The molecule has 1 atom stereocenters. The summed E-state index contributed by atoms with van der Waals surface area (Å²) in [5, 5.41) is 12.4. The monoisotopic (exact) mass is 308 g/mol. The third-order valence-electron chi connectivity index (χ3n) is 4.79. The zero-order valence-electron chi connectivity index (χ0n) is 12.4. The Hall–Kier alpha value is -1.03. The summed E-state index contributed by atoms with van der Waals surface area (Å²) in [6, 6.07) is 7.33. The lowest BCUT2D eigenvalue weighted by molar-refractivity contribution is -0.136. The van der Waals surface area contributed by atoms with Crippen molar-refractivity contribution in [1.82, 2.24) is 0 Å². The normalized spacial score (nSPS) is 27.9. The molecule has 114 valence electrons. The molecule has 1 aromatic carbocycles. The molecule has 3 nitrogen and oxygen atoms in total. The van der Waals surface area contributed by atoms with Gasteiger partial charge in [0.1, 0.15) is 23.0 Å². The lowest BCUT2D eigenvalue weighted by Gasteiger charge is -2.40. The van der Waals surface area contributed by atoms with Gasteiger partial charge in [-0.3, -0.25) is 0 Å². The van der Waals surface area contributed by atoms with E-state index in [-0.39, 0.29) is 0 Å². The van der Waals surface area contributed by atoms with E-state index in [4.69, 9.17) is 20.8 Å². The fourth-order valence-electron chi connectivity index (χ4n) is 3.27. The first-order valence-electron chi connectivity index (χ1n) is 7.46. The van der Waals surface area contributed by atoms with E-state index in [0.29, 0.717) is 16.7 Å². The number of aliphatic hydroxyl groups is 1. The predicted octanol–water partition coefficient (Wildman–Crippen LogP) is 4.71. The molecule has 0 bridgehead atoms. The summed E-state index contributed by atoms with van der Waals surface area (Å²) < 4.78 is 11.5. The zero-order chi connectivity index (χ0) is 15.0. The highest BCUT2D eigenvalue weighted by Gasteiger charge is 2.43. The van der Waals surface area contributed by atoms with Crippen molar-refractivity contribution in [1.29, 1.82) is 0 Å². The number of methoxy groups -OCH3 is 1. The molecule has 1 N–H and O–H groups in total. The maximum Gasteiger partial charge on any atom is 0.140 e. The number of ether oxygens (including phenoxy) is 1. The minimum absolute atomic E-state index is 0.538. The summed E-state index contributed by atoms with van der Waals surface area (Å²) >= 11 is 6.00. The topological polar surface area (TPSA) is 42.6 Å². The van der Waals surface area contributed by atoms with Gasteiger partial charge in [-0.05, 0) is 55.9 Å². The van der Waals surface area contributed by atoms with E-state index in [1.54, 1.807) is 13.2 Å². The minimum atomic E-state index is -0.749. The standard InChI is InChI=1S/C17H21ClO3/c1-11-5-7-17(20-2,8-6-11)16(19)15-10-12-9-13(18)3-4-14(12)21-15/h3-4,9-11,16,19H,5-8H2,1-2H3. The van der Waals surface area contributed by atoms with Crippen molar-refractivity contribution in [2.24, 2.45) is 5.92 Å². The van der Waals surface area contributed by atoms with Crippen LogP contribution >= 0.6 is 11.6 Å². The van der Waals surface area contributed by atoms with Gasteiger partial charge in [-0.2, -0.15) is 0 Å². The van der Waals surface area contributed by atoms with Gasteiger partial charge in [0.2, 0.25) is 0 Å². The van der Waals surface area contributed by atoms with Crippen LogP contribution in [-0.4, -0.2) is 17.8 Å². The highest BCUT2D eigenvalue weighted by Crippen LogP contribution is 2.43. The molecular formula is C17H21ClO3. The van der Waals surface area contributed by atoms with Crippen LogP contribution in [0.1, 0.15) is 44.5 Å². The number of hydrogen-bond acceptors (Lipinski definition) is 3. The van der Waals surface area contributed by atoms with Crippen molar-refractivity contribution in [3.63, 3.8) is 0 Å². The first-order chi connectivity index (χ1) is 10.0. The number of aliphatic hydroxyl groups excluding tert-OH is 1. The number of halogens is 1. The fraction of sp³-hybridized carbons (Fsp3) is 0.529. The highest BCUT2D eigenvalue weighted by molar-refractivity contribution is 6.31. The van der Waals surface area contributed by atoms with Gasteiger partial charge < -0.3 is 14.3 Å². The quantitative estimate of drug-likeness (QED) is 0.892. The van der Waals surface area contributed by atoms with Crippen molar-refractivity contribution in [2.45, 2.75) is 44.3 Å². The summed E-state index contributed by atoms with van der Waals surface area (Å²) in [6.07, 6.45) is 3.09. The number of benzene rings is 1. The van der Waals surface area contributed by atoms with Crippen LogP contribution in [0.3, 0.4) is 0 Å². The lowest BCUT2D eigenvalue weighted by Crippen LogP contribution is -2.41. The van der Waals surface area contributed by atoms with Gasteiger partial charge in [0.25, 0.3) is 0 Å². The summed E-state index contributed by atoms with van der Waals surface area (Å²) in [5.41, 5.74) is 0.202. The highest BCUT2D eigenvalue weighted by atomic mass is 35.5. The summed E-state index contributed by atoms with van der Waals surface area (Å²) in [6.45, 7) is 2.25. The summed E-state index contributed by atoms with van der Waals surface area (Å²) in [7, 11) is 1.68.